The fourth-order valence-electron chi connectivity index (χ4n) is 3.31. The van der Waals surface area contributed by atoms with E-state index in [9.17, 15) is 4.39 Å². The maximum Gasteiger partial charge on any atom is 0.223 e. The van der Waals surface area contributed by atoms with Gasteiger partial charge in [0, 0.05) is 0 Å². The van der Waals surface area contributed by atoms with Gasteiger partial charge in [-0.25, -0.2) is 9.24 Å². The number of halogens is 1. The summed E-state index contributed by atoms with van der Waals surface area (Å²) >= 11 is 0. The van der Waals surface area contributed by atoms with E-state index in [0.717, 1.165) is 24.3 Å². The van der Waals surface area contributed by atoms with Crippen LogP contribution in [0.5, 0.6) is 0 Å². The molecule has 0 radical (unpaired) electrons. The number of nitrogens with zero attached hydrogens (tertiary/aromatic N) is 2. The first kappa shape index (κ1) is 15.5. The Morgan fingerprint density at radius 3 is 2.62 bits per heavy atom. The van der Waals surface area contributed by atoms with Gasteiger partial charge < -0.3 is 0 Å². The number of rotatable bonds is 4. The van der Waals surface area contributed by atoms with E-state index in [-0.39, 0.29) is 11.3 Å². The van der Waals surface area contributed by atoms with Crippen LogP contribution in [0.1, 0.15) is 68.9 Å². The SMILES string of the molecule is [C-]#[N+]c1cc(C2CCC(CCCC)CC2)cc(C#N)c1F. The van der Waals surface area contributed by atoms with E-state index < -0.39 is 5.82 Å². The lowest BCUT2D eigenvalue weighted by molar-refractivity contribution is 0.304. The van der Waals surface area contributed by atoms with Crippen LogP contribution in [0, 0.1) is 29.6 Å². The highest BCUT2D eigenvalue weighted by atomic mass is 19.1. The predicted molar refractivity (Wildman–Crippen MR) is 81.6 cm³/mol. The summed E-state index contributed by atoms with van der Waals surface area (Å²) in [6, 6.07) is 5.15. The van der Waals surface area contributed by atoms with Crippen molar-refractivity contribution in [2.45, 2.75) is 57.8 Å². The molecular formula is C18H21FN2. The molecule has 1 aliphatic carbocycles. The van der Waals surface area contributed by atoms with E-state index in [4.69, 9.17) is 11.8 Å². The normalized spacial score (nSPS) is 21.5. The van der Waals surface area contributed by atoms with Gasteiger partial charge in [-0.2, -0.15) is 5.26 Å². The minimum Gasteiger partial charge on any atom is -0.235 e. The zero-order chi connectivity index (χ0) is 15.2. The molecule has 0 atom stereocenters. The van der Waals surface area contributed by atoms with E-state index in [1.54, 1.807) is 12.1 Å². The number of benzene rings is 1. The molecule has 1 saturated carbocycles. The monoisotopic (exact) mass is 284 g/mol. The van der Waals surface area contributed by atoms with E-state index in [0.29, 0.717) is 5.92 Å². The van der Waals surface area contributed by atoms with Crippen LogP contribution >= 0.6 is 0 Å². The summed E-state index contributed by atoms with van der Waals surface area (Å²) in [5.74, 6) is 0.515. The average Bonchev–Trinajstić information content (AvgIpc) is 2.53. The second-order valence-electron chi connectivity index (χ2n) is 5.99. The smallest absolute Gasteiger partial charge is 0.223 e. The van der Waals surface area contributed by atoms with Crippen molar-refractivity contribution in [3.8, 4) is 6.07 Å². The van der Waals surface area contributed by atoms with Crippen LogP contribution in [-0.2, 0) is 0 Å². The van der Waals surface area contributed by atoms with E-state index >= 15 is 0 Å². The van der Waals surface area contributed by atoms with Crippen LogP contribution in [0.3, 0.4) is 0 Å². The molecule has 1 aromatic carbocycles. The lowest BCUT2D eigenvalue weighted by atomic mass is 9.77. The Labute approximate surface area is 126 Å². The van der Waals surface area contributed by atoms with Crippen molar-refractivity contribution in [2.75, 3.05) is 0 Å². The Balaban J connectivity index is 2.11. The molecule has 1 aromatic rings. The second-order valence-corrected chi connectivity index (χ2v) is 5.99. The van der Waals surface area contributed by atoms with Gasteiger partial charge in [-0.1, -0.05) is 31.7 Å². The fraction of sp³-hybridized carbons (Fsp3) is 0.556. The Morgan fingerprint density at radius 2 is 2.05 bits per heavy atom. The van der Waals surface area contributed by atoms with Crippen molar-refractivity contribution >= 4 is 5.69 Å². The van der Waals surface area contributed by atoms with E-state index in [1.807, 2.05) is 6.07 Å². The average molecular weight is 284 g/mol. The maximum atomic E-state index is 13.8. The molecule has 0 unspecified atom stereocenters. The van der Waals surface area contributed by atoms with Crippen LogP contribution in [-0.4, -0.2) is 0 Å². The highest BCUT2D eigenvalue weighted by molar-refractivity contribution is 5.55. The van der Waals surface area contributed by atoms with Crippen LogP contribution in [0.4, 0.5) is 10.1 Å². The molecule has 2 rings (SSSR count). The summed E-state index contributed by atoms with van der Waals surface area (Å²) in [6.45, 7) is 9.27. The van der Waals surface area contributed by atoms with Crippen molar-refractivity contribution in [2.24, 2.45) is 5.92 Å². The van der Waals surface area contributed by atoms with Crippen molar-refractivity contribution < 1.29 is 4.39 Å². The molecule has 110 valence electrons. The van der Waals surface area contributed by atoms with Gasteiger partial charge in [0.25, 0.3) is 0 Å². The zero-order valence-corrected chi connectivity index (χ0v) is 12.5. The van der Waals surface area contributed by atoms with Gasteiger partial charge in [0.1, 0.15) is 11.9 Å². The highest BCUT2D eigenvalue weighted by Gasteiger charge is 2.23. The Hall–Kier alpha value is -1.87. The van der Waals surface area contributed by atoms with E-state index in [1.165, 1.54) is 32.1 Å². The third-order valence-electron chi connectivity index (χ3n) is 4.60. The largest absolute Gasteiger partial charge is 0.235 e. The zero-order valence-electron chi connectivity index (χ0n) is 12.5. The van der Waals surface area contributed by atoms with Crippen LogP contribution in [0.2, 0.25) is 0 Å². The summed E-state index contributed by atoms with van der Waals surface area (Å²) in [5.41, 5.74) is 0.955. The van der Waals surface area contributed by atoms with Crippen molar-refractivity contribution in [3.05, 3.63) is 40.5 Å². The maximum absolute atomic E-state index is 13.8. The lowest BCUT2D eigenvalue weighted by Gasteiger charge is -2.29. The van der Waals surface area contributed by atoms with Crippen molar-refractivity contribution in [3.63, 3.8) is 0 Å². The first-order valence-electron chi connectivity index (χ1n) is 7.80. The highest BCUT2D eigenvalue weighted by Crippen LogP contribution is 2.39. The summed E-state index contributed by atoms with van der Waals surface area (Å²) in [5, 5.41) is 9.01. The molecule has 0 aromatic heterocycles. The van der Waals surface area contributed by atoms with E-state index in [2.05, 4.69) is 11.8 Å². The summed E-state index contributed by atoms with van der Waals surface area (Å²) in [4.78, 5) is 3.21. The first-order chi connectivity index (χ1) is 10.2. The van der Waals surface area contributed by atoms with Gasteiger partial charge in [0.2, 0.25) is 5.69 Å². The molecule has 1 fully saturated rings. The molecule has 0 bridgehead atoms. The van der Waals surface area contributed by atoms with Crippen LogP contribution < -0.4 is 0 Å². The minimum absolute atomic E-state index is 0.00612. The van der Waals surface area contributed by atoms with Gasteiger partial charge in [0.15, 0.2) is 0 Å². The van der Waals surface area contributed by atoms with Crippen molar-refractivity contribution in [1.29, 1.82) is 5.26 Å². The Morgan fingerprint density at radius 1 is 1.33 bits per heavy atom. The molecule has 2 nitrogen and oxygen atoms in total. The molecule has 0 heterocycles. The fourth-order valence-corrected chi connectivity index (χ4v) is 3.31. The molecule has 0 saturated heterocycles. The van der Waals surface area contributed by atoms with Crippen molar-refractivity contribution in [1.82, 2.24) is 0 Å². The predicted octanol–water partition coefficient (Wildman–Crippen LogP) is 5.71. The van der Waals surface area contributed by atoms with Gasteiger partial charge >= 0.3 is 0 Å². The molecule has 21 heavy (non-hydrogen) atoms. The summed E-state index contributed by atoms with van der Waals surface area (Å²) < 4.78 is 13.8. The van der Waals surface area contributed by atoms with Gasteiger partial charge in [-0.15, -0.1) is 0 Å². The van der Waals surface area contributed by atoms with Crippen LogP contribution in [0.15, 0.2) is 12.1 Å². The summed E-state index contributed by atoms with van der Waals surface area (Å²) in [6.07, 6.45) is 8.44. The quantitative estimate of drug-likeness (QED) is 0.650. The minimum atomic E-state index is -0.673. The third kappa shape index (κ3) is 3.61. The van der Waals surface area contributed by atoms with Gasteiger partial charge in [0.05, 0.1) is 12.1 Å². The topological polar surface area (TPSA) is 28.1 Å². The third-order valence-corrected chi connectivity index (χ3v) is 4.60. The number of hydrogen-bond acceptors (Lipinski definition) is 1. The van der Waals surface area contributed by atoms with Crippen LogP contribution in [0.25, 0.3) is 4.85 Å². The summed E-state index contributed by atoms with van der Waals surface area (Å²) in [7, 11) is 0. The molecule has 0 spiro atoms. The van der Waals surface area contributed by atoms with Gasteiger partial charge in [-0.05, 0) is 49.7 Å². The molecule has 0 N–H and O–H groups in total. The Bertz CT molecular complexity index is 537. The van der Waals surface area contributed by atoms with Gasteiger partial charge in [-0.3, -0.25) is 0 Å². The Kier molecular flexibility index (Phi) is 5.34. The molecule has 3 heteroatoms. The molecule has 0 aliphatic heterocycles. The second kappa shape index (κ2) is 7.23. The standard InChI is InChI=1S/C18H21FN2/c1-3-4-5-13-6-8-14(9-7-13)15-10-16(12-20)18(19)17(11-15)21-2/h10-11,13-14H,3-9H2,1H3. The number of unbranched alkanes of at least 4 members (excludes halogenated alkanes) is 1. The molecule has 1 aliphatic rings. The first-order valence-corrected chi connectivity index (χ1v) is 7.80. The number of nitriles is 1. The number of hydrogen-bond donors (Lipinski definition) is 0. The molecular weight excluding hydrogens is 263 g/mol. The lowest BCUT2D eigenvalue weighted by Crippen LogP contribution is -2.13. The molecule has 0 amide bonds.